The average Bonchev–Trinajstić information content (AvgIpc) is 2.31. The maximum atomic E-state index is 12.2. The Morgan fingerprint density at radius 3 is 2.23 bits per heavy atom. The summed E-state index contributed by atoms with van der Waals surface area (Å²) in [6.07, 6.45) is 0.0991. The highest BCUT2D eigenvalue weighted by Gasteiger charge is 2.51. The van der Waals surface area contributed by atoms with Gasteiger partial charge in [0.2, 0.25) is 0 Å². The fraction of sp³-hybridized carbons (Fsp3) is 0.800. The monoisotopic (exact) mass is 312 g/mol. The lowest BCUT2D eigenvalue weighted by Crippen LogP contribution is -2.72. The van der Waals surface area contributed by atoms with Crippen LogP contribution in [-0.4, -0.2) is 70.1 Å². The molecule has 0 unspecified atom stereocenters. The Hall–Kier alpha value is -1.63. The molecule has 0 spiro atoms. The van der Waals surface area contributed by atoms with Crippen LogP contribution in [0, 0.1) is 0 Å². The third-order valence-electron chi connectivity index (χ3n) is 4.13. The number of carbonyl (C=O) groups is 3. The number of amides is 1. The van der Waals surface area contributed by atoms with Crippen LogP contribution < -0.4 is 0 Å². The molecule has 22 heavy (non-hydrogen) atoms. The van der Waals surface area contributed by atoms with Crippen LogP contribution in [0.5, 0.6) is 0 Å². The molecule has 2 aliphatic heterocycles. The average molecular weight is 312 g/mol. The summed E-state index contributed by atoms with van der Waals surface area (Å²) in [5.41, 5.74) is -1.09. The van der Waals surface area contributed by atoms with Crippen molar-refractivity contribution in [2.45, 2.75) is 51.2 Å². The zero-order valence-corrected chi connectivity index (χ0v) is 13.4. The Balaban J connectivity index is 2.05. The predicted octanol–water partition coefficient (Wildman–Crippen LogP) is 1.12. The molecule has 0 aliphatic carbocycles. The largest absolute Gasteiger partial charge is 0.465 e. The molecule has 2 aliphatic rings. The van der Waals surface area contributed by atoms with Gasteiger partial charge in [0.25, 0.3) is 0 Å². The molecular formula is C15H24N2O5. The van der Waals surface area contributed by atoms with Crippen molar-refractivity contribution in [3.63, 3.8) is 0 Å². The minimum absolute atomic E-state index is 0.155. The van der Waals surface area contributed by atoms with E-state index in [4.69, 9.17) is 9.84 Å². The second kappa shape index (κ2) is 5.87. The van der Waals surface area contributed by atoms with Crippen molar-refractivity contribution in [3.8, 4) is 0 Å². The Labute approximate surface area is 130 Å². The molecule has 1 amide bonds. The van der Waals surface area contributed by atoms with Crippen LogP contribution in [0.3, 0.4) is 0 Å². The van der Waals surface area contributed by atoms with Crippen molar-refractivity contribution in [3.05, 3.63) is 0 Å². The predicted molar refractivity (Wildman–Crippen MR) is 78.6 cm³/mol. The fourth-order valence-electron chi connectivity index (χ4n) is 3.10. The summed E-state index contributed by atoms with van der Waals surface area (Å²) in [5.74, 6) is -0.104. The first kappa shape index (κ1) is 16.7. The number of hydrogen-bond donors (Lipinski definition) is 1. The van der Waals surface area contributed by atoms with Gasteiger partial charge in [0.05, 0.1) is 12.0 Å². The van der Waals surface area contributed by atoms with Gasteiger partial charge in [-0.2, -0.15) is 0 Å². The van der Waals surface area contributed by atoms with Crippen LogP contribution in [0.2, 0.25) is 0 Å². The number of piperidine rings is 1. The van der Waals surface area contributed by atoms with Gasteiger partial charge in [-0.05, 0) is 20.8 Å². The zero-order valence-electron chi connectivity index (χ0n) is 13.4. The highest BCUT2D eigenvalue weighted by atomic mass is 16.6. The summed E-state index contributed by atoms with van der Waals surface area (Å²) in [6.45, 7) is 7.15. The Morgan fingerprint density at radius 1 is 1.23 bits per heavy atom. The van der Waals surface area contributed by atoms with Crippen molar-refractivity contribution in [1.29, 1.82) is 0 Å². The van der Waals surface area contributed by atoms with E-state index in [1.165, 1.54) is 4.90 Å². The number of esters is 1. The molecule has 0 radical (unpaired) electrons. The normalized spacial score (nSPS) is 22.1. The lowest BCUT2D eigenvalue weighted by Gasteiger charge is -2.55. The van der Waals surface area contributed by atoms with Crippen LogP contribution in [-0.2, 0) is 14.3 Å². The van der Waals surface area contributed by atoms with E-state index in [0.717, 1.165) is 0 Å². The highest BCUT2D eigenvalue weighted by molar-refractivity contribution is 5.79. The van der Waals surface area contributed by atoms with Gasteiger partial charge in [0, 0.05) is 39.0 Å². The molecular weight excluding hydrogens is 288 g/mol. The zero-order chi connectivity index (χ0) is 16.5. The number of hydrogen-bond acceptors (Lipinski definition) is 5. The molecule has 2 heterocycles. The van der Waals surface area contributed by atoms with Crippen molar-refractivity contribution in [1.82, 2.24) is 9.80 Å². The van der Waals surface area contributed by atoms with Crippen LogP contribution in [0.15, 0.2) is 0 Å². The third-order valence-corrected chi connectivity index (χ3v) is 4.13. The first-order valence-electron chi connectivity index (χ1n) is 7.58. The summed E-state index contributed by atoms with van der Waals surface area (Å²) in [5, 5.41) is 9.06. The van der Waals surface area contributed by atoms with E-state index in [1.54, 1.807) is 0 Å². The smallest absolute Gasteiger partial charge is 0.407 e. The molecule has 0 aromatic carbocycles. The number of carbonyl (C=O) groups excluding carboxylic acids is 2. The Kier molecular flexibility index (Phi) is 4.47. The van der Waals surface area contributed by atoms with Gasteiger partial charge in [-0.3, -0.25) is 14.5 Å². The van der Waals surface area contributed by atoms with Crippen LogP contribution in [0.4, 0.5) is 4.79 Å². The minimum Gasteiger partial charge on any atom is -0.465 e. The van der Waals surface area contributed by atoms with E-state index < -0.39 is 17.2 Å². The van der Waals surface area contributed by atoms with E-state index in [9.17, 15) is 14.4 Å². The summed E-state index contributed by atoms with van der Waals surface area (Å²) in [4.78, 5) is 38.0. The van der Waals surface area contributed by atoms with E-state index in [2.05, 4.69) is 4.90 Å². The van der Waals surface area contributed by atoms with Gasteiger partial charge in [0.15, 0.2) is 0 Å². The molecule has 2 rings (SSSR count). The molecule has 7 nitrogen and oxygen atoms in total. The lowest BCUT2D eigenvalue weighted by atomic mass is 9.83. The van der Waals surface area contributed by atoms with Gasteiger partial charge in [-0.15, -0.1) is 0 Å². The van der Waals surface area contributed by atoms with Crippen molar-refractivity contribution in [2.75, 3.05) is 26.2 Å². The van der Waals surface area contributed by atoms with Crippen molar-refractivity contribution >= 4 is 17.8 Å². The van der Waals surface area contributed by atoms with Gasteiger partial charge in [-0.1, -0.05) is 0 Å². The van der Waals surface area contributed by atoms with Gasteiger partial charge in [0.1, 0.15) is 11.4 Å². The number of ketones is 1. The molecule has 0 aromatic rings. The summed E-state index contributed by atoms with van der Waals surface area (Å²) in [7, 11) is 0. The number of likely N-dealkylation sites (tertiary alicyclic amines) is 2. The second-order valence-electron chi connectivity index (χ2n) is 7.15. The number of Topliss-reactive ketones (excluding diaryl/α,β-unsaturated/α-hetero) is 1. The van der Waals surface area contributed by atoms with Gasteiger partial charge in [-0.25, -0.2) is 4.79 Å². The molecule has 0 atom stereocenters. The third kappa shape index (κ3) is 3.76. The quantitative estimate of drug-likeness (QED) is 0.786. The molecule has 2 saturated heterocycles. The molecule has 7 heteroatoms. The van der Waals surface area contributed by atoms with Crippen molar-refractivity contribution < 1.29 is 24.2 Å². The number of carboxylic acid groups (broad SMARTS) is 1. The molecule has 0 aromatic heterocycles. The molecule has 1 N–H and O–H groups in total. The number of ether oxygens (including phenoxy) is 1. The van der Waals surface area contributed by atoms with Crippen LogP contribution in [0.1, 0.15) is 40.0 Å². The van der Waals surface area contributed by atoms with Gasteiger partial charge >= 0.3 is 12.1 Å². The Morgan fingerprint density at radius 2 is 1.77 bits per heavy atom. The van der Waals surface area contributed by atoms with Crippen molar-refractivity contribution in [2.24, 2.45) is 0 Å². The van der Waals surface area contributed by atoms with Gasteiger partial charge < -0.3 is 14.7 Å². The Bertz CT molecular complexity index is 467. The maximum Gasteiger partial charge on any atom is 0.407 e. The summed E-state index contributed by atoms with van der Waals surface area (Å²) < 4.78 is 5.38. The molecule has 0 saturated carbocycles. The van der Waals surface area contributed by atoms with E-state index in [-0.39, 0.29) is 31.3 Å². The molecule has 0 bridgehead atoms. The summed E-state index contributed by atoms with van der Waals surface area (Å²) in [6, 6.07) is 0. The fourth-order valence-corrected chi connectivity index (χ4v) is 3.10. The van der Waals surface area contributed by atoms with Crippen LogP contribution >= 0.6 is 0 Å². The maximum absolute atomic E-state index is 12.2. The first-order chi connectivity index (χ1) is 10.1. The lowest BCUT2D eigenvalue weighted by molar-refractivity contribution is -0.163. The van der Waals surface area contributed by atoms with E-state index in [1.807, 2.05) is 20.8 Å². The summed E-state index contributed by atoms with van der Waals surface area (Å²) >= 11 is 0. The van der Waals surface area contributed by atoms with Crippen LogP contribution in [0.25, 0.3) is 0 Å². The second-order valence-corrected chi connectivity index (χ2v) is 7.15. The first-order valence-corrected chi connectivity index (χ1v) is 7.58. The number of rotatable bonds is 3. The standard InChI is InChI=1S/C15H24N2O5/c1-14(2,3)22-12(19)8-15(9-16(10-15)13(20)21)17-6-4-11(18)5-7-17/h4-10H2,1-3H3,(H,20,21). The minimum atomic E-state index is -0.979. The number of nitrogens with zero attached hydrogens (tertiary/aromatic N) is 2. The van der Waals surface area contributed by atoms with E-state index >= 15 is 0 Å². The molecule has 2 fully saturated rings. The highest BCUT2D eigenvalue weighted by Crippen LogP contribution is 2.34. The topological polar surface area (TPSA) is 87.2 Å². The SMILES string of the molecule is CC(C)(C)OC(=O)CC1(N2CCC(=O)CC2)CN(C(=O)O)C1. The van der Waals surface area contributed by atoms with E-state index in [0.29, 0.717) is 25.9 Å². The molecule has 124 valence electrons.